The zero-order valence-corrected chi connectivity index (χ0v) is 10.6. The minimum absolute atomic E-state index is 0.568. The van der Waals surface area contributed by atoms with Crippen molar-refractivity contribution in [3.63, 3.8) is 0 Å². The predicted octanol–water partition coefficient (Wildman–Crippen LogP) is 2.14. The zero-order valence-electron chi connectivity index (χ0n) is 10.6. The highest BCUT2D eigenvalue weighted by Crippen LogP contribution is 2.19. The minimum Gasteiger partial charge on any atom is -0.369 e. The largest absolute Gasteiger partial charge is 0.369 e. The van der Waals surface area contributed by atoms with Crippen LogP contribution in [-0.4, -0.2) is 21.7 Å². The summed E-state index contributed by atoms with van der Waals surface area (Å²) in [5, 5.41) is 16.8. The zero-order chi connectivity index (χ0) is 13.8. The van der Waals surface area contributed by atoms with Gasteiger partial charge in [0.25, 0.3) is 0 Å². The Morgan fingerprint density at radius 3 is 3.00 bits per heavy atom. The molecule has 0 unspecified atom stereocenters. The highest BCUT2D eigenvalue weighted by atomic mass is 16.5. The van der Waals surface area contributed by atoms with E-state index in [2.05, 4.69) is 26.5 Å². The molecule has 3 aromatic rings. The smallest absolute Gasteiger partial charge is 0.228 e. The molecule has 20 heavy (non-hydrogen) atoms. The van der Waals surface area contributed by atoms with E-state index in [1.807, 2.05) is 24.3 Å². The quantitative estimate of drug-likeness (QED) is 0.777. The molecule has 0 saturated heterocycles. The van der Waals surface area contributed by atoms with Gasteiger partial charge in [0.2, 0.25) is 5.89 Å². The van der Waals surface area contributed by atoms with Gasteiger partial charge in [0.05, 0.1) is 17.1 Å². The summed E-state index contributed by atoms with van der Waals surface area (Å²) in [6, 6.07) is 11.5. The van der Waals surface area contributed by atoms with E-state index in [1.165, 1.54) is 6.33 Å². The van der Waals surface area contributed by atoms with Crippen LogP contribution in [0.1, 0.15) is 11.5 Å². The van der Waals surface area contributed by atoms with E-state index in [9.17, 15) is 5.26 Å². The summed E-state index contributed by atoms with van der Waals surface area (Å²) < 4.78 is 4.91. The third kappa shape index (κ3) is 2.42. The molecule has 2 aromatic heterocycles. The number of pyridine rings is 1. The van der Waals surface area contributed by atoms with Gasteiger partial charge in [-0.15, -0.1) is 0 Å². The molecule has 6 nitrogen and oxygen atoms in total. The maximum Gasteiger partial charge on any atom is 0.228 e. The van der Waals surface area contributed by atoms with Crippen molar-refractivity contribution in [3.8, 4) is 6.07 Å². The van der Waals surface area contributed by atoms with E-state index in [-0.39, 0.29) is 0 Å². The van der Waals surface area contributed by atoms with Crippen LogP contribution in [0.4, 0.5) is 5.82 Å². The van der Waals surface area contributed by atoms with Gasteiger partial charge >= 0.3 is 0 Å². The van der Waals surface area contributed by atoms with Crippen LogP contribution in [0.5, 0.6) is 0 Å². The monoisotopic (exact) mass is 265 g/mol. The lowest BCUT2D eigenvalue weighted by molar-refractivity contribution is 0.379. The fourth-order valence-electron chi connectivity index (χ4n) is 1.96. The molecule has 0 spiro atoms. The van der Waals surface area contributed by atoms with E-state index in [0.29, 0.717) is 30.2 Å². The fourth-order valence-corrected chi connectivity index (χ4v) is 1.96. The van der Waals surface area contributed by atoms with Crippen LogP contribution in [0.25, 0.3) is 10.9 Å². The summed E-state index contributed by atoms with van der Waals surface area (Å²) >= 11 is 0. The number of fused-ring (bicyclic) bond motifs is 1. The Balaban J connectivity index is 1.80. The third-order valence-corrected chi connectivity index (χ3v) is 2.89. The molecule has 0 aliphatic rings. The van der Waals surface area contributed by atoms with Gasteiger partial charge in [-0.05, 0) is 12.1 Å². The number of aromatic nitrogens is 3. The van der Waals surface area contributed by atoms with Gasteiger partial charge in [-0.25, -0.2) is 4.98 Å². The molecule has 0 atom stereocenters. The summed E-state index contributed by atoms with van der Waals surface area (Å²) in [4.78, 5) is 8.41. The van der Waals surface area contributed by atoms with E-state index in [0.717, 1.165) is 10.9 Å². The molecule has 1 aromatic carbocycles. The van der Waals surface area contributed by atoms with Crippen molar-refractivity contribution in [2.24, 2.45) is 0 Å². The molecule has 0 fully saturated rings. The SMILES string of the molecule is N#Cc1cc(NCCc2ncno2)nc2ccccc12. The number of nitrogens with one attached hydrogen (secondary N) is 1. The molecule has 0 aliphatic carbocycles. The Morgan fingerprint density at radius 1 is 1.30 bits per heavy atom. The highest BCUT2D eigenvalue weighted by molar-refractivity contribution is 5.86. The fraction of sp³-hybridized carbons (Fsp3) is 0.143. The second kappa shape index (κ2) is 5.36. The molecule has 0 bridgehead atoms. The topological polar surface area (TPSA) is 87.6 Å². The Morgan fingerprint density at radius 2 is 2.20 bits per heavy atom. The van der Waals surface area contributed by atoms with Crippen molar-refractivity contribution in [2.75, 3.05) is 11.9 Å². The second-order valence-electron chi connectivity index (χ2n) is 4.20. The Kier molecular flexibility index (Phi) is 3.25. The van der Waals surface area contributed by atoms with Crippen LogP contribution in [0, 0.1) is 11.3 Å². The first-order valence-electron chi connectivity index (χ1n) is 6.16. The number of hydrogen-bond acceptors (Lipinski definition) is 6. The molecule has 2 heterocycles. The standard InChI is InChI=1S/C14H11N5O/c15-8-10-7-13(16-6-5-14-17-9-18-20-14)19-12-4-2-1-3-11(10)12/h1-4,7,9H,5-6H2,(H,16,19). The summed E-state index contributed by atoms with van der Waals surface area (Å²) in [6.07, 6.45) is 1.98. The van der Waals surface area contributed by atoms with E-state index in [4.69, 9.17) is 4.52 Å². The number of nitrogens with zero attached hydrogens (tertiary/aromatic N) is 4. The summed E-state index contributed by atoms with van der Waals surface area (Å²) in [5.74, 6) is 1.23. The second-order valence-corrected chi connectivity index (χ2v) is 4.20. The Labute approximate surface area is 115 Å². The van der Waals surface area contributed by atoms with Crippen molar-refractivity contribution >= 4 is 16.7 Å². The van der Waals surface area contributed by atoms with Crippen molar-refractivity contribution < 1.29 is 4.52 Å². The number of benzene rings is 1. The molecule has 0 aliphatic heterocycles. The van der Waals surface area contributed by atoms with Crippen molar-refractivity contribution in [1.82, 2.24) is 15.1 Å². The van der Waals surface area contributed by atoms with E-state index >= 15 is 0 Å². The minimum atomic E-state index is 0.568. The van der Waals surface area contributed by atoms with Crippen molar-refractivity contribution in [2.45, 2.75) is 6.42 Å². The molecule has 0 saturated carbocycles. The predicted molar refractivity (Wildman–Crippen MR) is 72.9 cm³/mol. The first-order chi connectivity index (χ1) is 9.86. The number of anilines is 1. The Hall–Kier alpha value is -2.94. The first-order valence-corrected chi connectivity index (χ1v) is 6.16. The summed E-state index contributed by atoms with van der Waals surface area (Å²) in [7, 11) is 0. The third-order valence-electron chi connectivity index (χ3n) is 2.89. The number of nitriles is 1. The van der Waals surface area contributed by atoms with Crippen molar-refractivity contribution in [1.29, 1.82) is 5.26 Å². The van der Waals surface area contributed by atoms with Gasteiger partial charge in [-0.3, -0.25) is 0 Å². The molecule has 0 radical (unpaired) electrons. The average Bonchev–Trinajstić information content (AvgIpc) is 2.99. The Bertz CT molecular complexity index is 761. The van der Waals surface area contributed by atoms with Gasteiger partial charge < -0.3 is 9.84 Å². The molecule has 3 rings (SSSR count). The number of para-hydroxylation sites is 1. The van der Waals surface area contributed by atoms with Crippen LogP contribution in [0.15, 0.2) is 41.2 Å². The van der Waals surface area contributed by atoms with Crippen LogP contribution in [-0.2, 0) is 6.42 Å². The van der Waals surface area contributed by atoms with Gasteiger partial charge in [0, 0.05) is 18.4 Å². The van der Waals surface area contributed by atoms with Crippen molar-refractivity contribution in [3.05, 3.63) is 48.1 Å². The van der Waals surface area contributed by atoms with E-state index in [1.54, 1.807) is 6.07 Å². The molecular formula is C14H11N5O. The molecule has 0 amide bonds. The molecule has 6 heteroatoms. The van der Waals surface area contributed by atoms with Crippen LogP contribution < -0.4 is 5.32 Å². The van der Waals surface area contributed by atoms with Crippen LogP contribution in [0.2, 0.25) is 0 Å². The first kappa shape index (κ1) is 12.1. The van der Waals surface area contributed by atoms with Gasteiger partial charge in [-0.2, -0.15) is 10.2 Å². The lowest BCUT2D eigenvalue weighted by atomic mass is 10.1. The lowest BCUT2D eigenvalue weighted by Crippen LogP contribution is -2.07. The van der Waals surface area contributed by atoms with E-state index < -0.39 is 0 Å². The maximum absolute atomic E-state index is 9.20. The normalized spacial score (nSPS) is 10.3. The molecule has 98 valence electrons. The van der Waals surface area contributed by atoms with Gasteiger partial charge in [0.1, 0.15) is 5.82 Å². The number of hydrogen-bond donors (Lipinski definition) is 1. The van der Waals surface area contributed by atoms with Crippen LogP contribution in [0.3, 0.4) is 0 Å². The number of rotatable bonds is 4. The summed E-state index contributed by atoms with van der Waals surface area (Å²) in [5.41, 5.74) is 1.41. The molecule has 1 N–H and O–H groups in total. The highest BCUT2D eigenvalue weighted by Gasteiger charge is 2.05. The lowest BCUT2D eigenvalue weighted by Gasteiger charge is -2.06. The van der Waals surface area contributed by atoms with Crippen LogP contribution >= 0.6 is 0 Å². The summed E-state index contributed by atoms with van der Waals surface area (Å²) in [6.45, 7) is 0.610. The average molecular weight is 265 g/mol. The van der Waals surface area contributed by atoms with Gasteiger partial charge in [-0.1, -0.05) is 23.4 Å². The van der Waals surface area contributed by atoms with Gasteiger partial charge in [0.15, 0.2) is 6.33 Å². The molecular weight excluding hydrogens is 254 g/mol. The maximum atomic E-state index is 9.20.